The first-order valence-electron chi connectivity index (χ1n) is 8.90. The van der Waals surface area contributed by atoms with Crippen molar-refractivity contribution in [3.8, 4) is 0 Å². The van der Waals surface area contributed by atoms with Gasteiger partial charge in [0.25, 0.3) is 0 Å². The average molecular weight is 318 g/mol. The highest BCUT2D eigenvalue weighted by Gasteiger charge is 2.40. The first-order valence-corrected chi connectivity index (χ1v) is 8.90. The normalized spacial score (nSPS) is 26.5. The zero-order valence-corrected chi connectivity index (χ0v) is 14.0. The molecule has 1 aliphatic heterocycles. The maximum absolute atomic E-state index is 9.97. The van der Waals surface area contributed by atoms with Crippen LogP contribution < -0.4 is 0 Å². The number of aliphatic hydroxyl groups excluding tert-OH is 3. The Bertz CT molecular complexity index is 261. The molecule has 0 radical (unpaired) electrons. The summed E-state index contributed by atoms with van der Waals surface area (Å²) in [5, 5.41) is 28.4. The van der Waals surface area contributed by atoms with Gasteiger partial charge in [-0.15, -0.1) is 0 Å². The molecule has 0 aromatic rings. The summed E-state index contributed by atoms with van der Waals surface area (Å²) in [5.74, 6) is 0. The molecule has 0 unspecified atom stereocenters. The molecule has 1 heterocycles. The fourth-order valence-electron chi connectivity index (χ4n) is 2.85. The van der Waals surface area contributed by atoms with E-state index >= 15 is 0 Å². The Kier molecular flexibility index (Phi) is 11.1. The molecule has 22 heavy (non-hydrogen) atoms. The van der Waals surface area contributed by atoms with E-state index in [-0.39, 0.29) is 12.7 Å². The van der Waals surface area contributed by atoms with Gasteiger partial charge in [0, 0.05) is 6.61 Å². The van der Waals surface area contributed by atoms with Crippen LogP contribution in [-0.2, 0) is 9.47 Å². The zero-order valence-electron chi connectivity index (χ0n) is 14.0. The summed E-state index contributed by atoms with van der Waals surface area (Å²) in [5.41, 5.74) is 0. The van der Waals surface area contributed by atoms with Gasteiger partial charge in [0.2, 0.25) is 0 Å². The fraction of sp³-hybridized carbons (Fsp3) is 1.00. The van der Waals surface area contributed by atoms with Crippen LogP contribution in [0.1, 0.15) is 64.7 Å². The number of ether oxygens (including phenoxy) is 2. The monoisotopic (exact) mass is 318 g/mol. The number of hydrogen-bond acceptors (Lipinski definition) is 5. The Morgan fingerprint density at radius 1 is 1.05 bits per heavy atom. The van der Waals surface area contributed by atoms with Gasteiger partial charge in [0.15, 0.2) is 0 Å². The third-order valence-electron chi connectivity index (χ3n) is 4.32. The topological polar surface area (TPSA) is 79.2 Å². The van der Waals surface area contributed by atoms with Crippen molar-refractivity contribution in [2.75, 3.05) is 19.8 Å². The van der Waals surface area contributed by atoms with E-state index in [9.17, 15) is 10.2 Å². The molecule has 4 atom stereocenters. The van der Waals surface area contributed by atoms with Gasteiger partial charge in [-0.3, -0.25) is 0 Å². The Balaban J connectivity index is 1.95. The summed E-state index contributed by atoms with van der Waals surface area (Å²) >= 11 is 0. The lowest BCUT2D eigenvalue weighted by molar-refractivity contribution is -0.0730. The van der Waals surface area contributed by atoms with E-state index < -0.39 is 24.9 Å². The van der Waals surface area contributed by atoms with E-state index in [1.54, 1.807) is 0 Å². The van der Waals surface area contributed by atoms with E-state index in [0.717, 1.165) is 12.8 Å². The van der Waals surface area contributed by atoms with Crippen molar-refractivity contribution in [3.05, 3.63) is 0 Å². The molecule has 1 rings (SSSR count). The highest BCUT2D eigenvalue weighted by atomic mass is 16.6. The summed E-state index contributed by atoms with van der Waals surface area (Å²) in [4.78, 5) is 0. The highest BCUT2D eigenvalue weighted by Crippen LogP contribution is 2.20. The largest absolute Gasteiger partial charge is 0.394 e. The van der Waals surface area contributed by atoms with Crippen molar-refractivity contribution in [3.63, 3.8) is 0 Å². The smallest absolute Gasteiger partial charge is 0.114 e. The predicted octanol–water partition coefficient (Wildman–Crippen LogP) is 2.02. The molecule has 0 amide bonds. The molecule has 0 bridgehead atoms. The molecule has 5 heteroatoms. The Labute approximate surface area is 134 Å². The molecule has 0 spiro atoms. The third-order valence-corrected chi connectivity index (χ3v) is 4.32. The van der Waals surface area contributed by atoms with Gasteiger partial charge < -0.3 is 24.8 Å². The first-order chi connectivity index (χ1) is 10.7. The van der Waals surface area contributed by atoms with E-state index in [2.05, 4.69) is 6.92 Å². The Morgan fingerprint density at radius 2 is 1.64 bits per heavy atom. The molecule has 1 saturated heterocycles. The number of aliphatic hydroxyl groups is 3. The van der Waals surface area contributed by atoms with Crippen molar-refractivity contribution >= 4 is 0 Å². The molecule has 3 N–H and O–H groups in total. The minimum absolute atomic E-state index is 0.278. The predicted molar refractivity (Wildman–Crippen MR) is 85.8 cm³/mol. The Hall–Kier alpha value is -0.200. The zero-order chi connectivity index (χ0) is 16.2. The summed E-state index contributed by atoms with van der Waals surface area (Å²) in [6, 6.07) is 0. The van der Waals surface area contributed by atoms with Crippen molar-refractivity contribution in [2.45, 2.75) is 89.1 Å². The van der Waals surface area contributed by atoms with Crippen LogP contribution in [0.4, 0.5) is 0 Å². The van der Waals surface area contributed by atoms with Gasteiger partial charge in [0.1, 0.15) is 24.4 Å². The highest BCUT2D eigenvalue weighted by molar-refractivity contribution is 4.88. The minimum Gasteiger partial charge on any atom is -0.394 e. The molecule has 0 aromatic carbocycles. The molecule has 0 saturated carbocycles. The van der Waals surface area contributed by atoms with Gasteiger partial charge in [-0.2, -0.15) is 0 Å². The molecule has 5 nitrogen and oxygen atoms in total. The average Bonchev–Trinajstić information content (AvgIpc) is 2.89. The summed E-state index contributed by atoms with van der Waals surface area (Å²) in [6.45, 7) is 2.72. The quantitative estimate of drug-likeness (QED) is 0.453. The van der Waals surface area contributed by atoms with Crippen molar-refractivity contribution < 1.29 is 24.8 Å². The van der Waals surface area contributed by atoms with E-state index in [1.165, 1.54) is 44.9 Å². The minimum atomic E-state index is -1.05. The van der Waals surface area contributed by atoms with E-state index in [1.807, 2.05) is 0 Å². The van der Waals surface area contributed by atoms with Gasteiger partial charge in [-0.05, 0) is 6.42 Å². The first kappa shape index (κ1) is 19.8. The summed E-state index contributed by atoms with van der Waals surface area (Å²) in [7, 11) is 0. The van der Waals surface area contributed by atoms with Crippen molar-refractivity contribution in [1.29, 1.82) is 0 Å². The van der Waals surface area contributed by atoms with E-state index in [0.29, 0.717) is 6.61 Å². The molecule has 0 aliphatic carbocycles. The maximum atomic E-state index is 9.97. The maximum Gasteiger partial charge on any atom is 0.114 e. The molecular formula is C17H34O5. The standard InChI is InChI=1S/C17H34O5/c1-2-3-4-5-6-7-8-9-10-11-21-15-13-22-17(16(15)20)14(19)12-18/h14-20H,2-13H2,1H3/t14-,15+,16+,17+/m0/s1. The lowest BCUT2D eigenvalue weighted by atomic mass is 10.1. The molecule has 1 aliphatic rings. The number of rotatable bonds is 13. The second-order valence-electron chi connectivity index (χ2n) is 6.28. The Morgan fingerprint density at radius 3 is 2.23 bits per heavy atom. The van der Waals surface area contributed by atoms with E-state index in [4.69, 9.17) is 14.6 Å². The van der Waals surface area contributed by atoms with Crippen LogP contribution in [0.2, 0.25) is 0 Å². The SMILES string of the molecule is CCCCCCCCCCCO[C@@H]1CO[C@H]([C@@H](O)CO)[C@@H]1O. The molecular weight excluding hydrogens is 284 g/mol. The van der Waals surface area contributed by atoms with Crippen LogP contribution in [0.15, 0.2) is 0 Å². The van der Waals surface area contributed by atoms with Crippen LogP contribution in [0.3, 0.4) is 0 Å². The van der Waals surface area contributed by atoms with Crippen LogP contribution in [-0.4, -0.2) is 59.6 Å². The molecule has 1 fully saturated rings. The molecule has 0 aromatic heterocycles. The fourth-order valence-corrected chi connectivity index (χ4v) is 2.85. The van der Waals surface area contributed by atoms with Gasteiger partial charge >= 0.3 is 0 Å². The summed E-state index contributed by atoms with van der Waals surface area (Å²) in [6.07, 6.45) is 8.34. The third kappa shape index (κ3) is 7.38. The second kappa shape index (κ2) is 12.3. The number of unbranched alkanes of at least 4 members (excludes halogenated alkanes) is 8. The van der Waals surface area contributed by atoms with Gasteiger partial charge in [-0.1, -0.05) is 58.3 Å². The van der Waals surface area contributed by atoms with Gasteiger partial charge in [-0.25, -0.2) is 0 Å². The summed E-state index contributed by atoms with van der Waals surface area (Å²) < 4.78 is 10.9. The lowest BCUT2D eigenvalue weighted by Crippen LogP contribution is -2.41. The van der Waals surface area contributed by atoms with Crippen molar-refractivity contribution in [1.82, 2.24) is 0 Å². The van der Waals surface area contributed by atoms with Crippen molar-refractivity contribution in [2.24, 2.45) is 0 Å². The molecule has 132 valence electrons. The van der Waals surface area contributed by atoms with Crippen LogP contribution in [0, 0.1) is 0 Å². The lowest BCUT2D eigenvalue weighted by Gasteiger charge is -2.20. The second-order valence-corrected chi connectivity index (χ2v) is 6.28. The van der Waals surface area contributed by atoms with Crippen LogP contribution >= 0.6 is 0 Å². The van der Waals surface area contributed by atoms with Gasteiger partial charge in [0.05, 0.1) is 13.2 Å². The van der Waals surface area contributed by atoms with Crippen LogP contribution in [0.25, 0.3) is 0 Å². The van der Waals surface area contributed by atoms with Crippen LogP contribution in [0.5, 0.6) is 0 Å². The number of hydrogen-bond donors (Lipinski definition) is 3.